The van der Waals surface area contributed by atoms with Crippen LogP contribution in [0.4, 0.5) is 0 Å². The van der Waals surface area contributed by atoms with Crippen LogP contribution in [0.1, 0.15) is 24.8 Å². The van der Waals surface area contributed by atoms with Gasteiger partial charge in [-0.25, -0.2) is 0 Å². The number of hydrogen-bond acceptors (Lipinski definition) is 3. The zero-order valence-electron chi connectivity index (χ0n) is 11.9. The van der Waals surface area contributed by atoms with Crippen molar-refractivity contribution in [3.05, 3.63) is 35.9 Å². The van der Waals surface area contributed by atoms with Crippen molar-refractivity contribution in [2.45, 2.75) is 25.3 Å². The molecule has 2 unspecified atom stereocenters. The summed E-state index contributed by atoms with van der Waals surface area (Å²) in [4.78, 5) is 13.6. The highest BCUT2D eigenvalue weighted by molar-refractivity contribution is 7.98. The number of aliphatic carboxylic acids is 1. The Labute approximate surface area is 120 Å². The first-order valence-electron chi connectivity index (χ1n) is 6.53. The quantitative estimate of drug-likeness (QED) is 0.795. The molecule has 0 aliphatic heterocycles. The standard InChI is InChI=1S/C15H23NO2S/c1-12(9-10-19-3)16(2)11-14(15(17)18)13-7-5-4-6-8-13/h4-8,12,14H,9-11H2,1-3H3,(H,17,18). The Balaban J connectivity index is 2.67. The average molecular weight is 281 g/mol. The second kappa shape index (κ2) is 8.23. The van der Waals surface area contributed by atoms with Crippen molar-refractivity contribution in [1.82, 2.24) is 4.90 Å². The molecule has 0 aliphatic rings. The lowest BCUT2D eigenvalue weighted by atomic mass is 9.98. The van der Waals surface area contributed by atoms with E-state index in [0.29, 0.717) is 12.6 Å². The van der Waals surface area contributed by atoms with E-state index in [-0.39, 0.29) is 0 Å². The Hall–Kier alpha value is -1.00. The van der Waals surface area contributed by atoms with E-state index in [1.165, 1.54) is 0 Å². The zero-order valence-corrected chi connectivity index (χ0v) is 12.7. The average Bonchev–Trinajstić information content (AvgIpc) is 2.42. The number of carboxylic acid groups (broad SMARTS) is 1. The molecule has 1 aromatic carbocycles. The maximum atomic E-state index is 11.4. The number of likely N-dealkylation sites (N-methyl/N-ethyl adjacent to an activating group) is 1. The van der Waals surface area contributed by atoms with Crippen LogP contribution in [0, 0.1) is 0 Å². The van der Waals surface area contributed by atoms with Gasteiger partial charge in [0, 0.05) is 12.6 Å². The number of hydrogen-bond donors (Lipinski definition) is 1. The van der Waals surface area contributed by atoms with E-state index in [4.69, 9.17) is 0 Å². The molecule has 0 aliphatic carbocycles. The molecule has 0 saturated carbocycles. The fourth-order valence-electron chi connectivity index (χ4n) is 1.99. The molecule has 19 heavy (non-hydrogen) atoms. The van der Waals surface area contributed by atoms with Gasteiger partial charge in [0.15, 0.2) is 0 Å². The Morgan fingerprint density at radius 1 is 1.37 bits per heavy atom. The third kappa shape index (κ3) is 5.25. The van der Waals surface area contributed by atoms with Crippen LogP contribution in [-0.2, 0) is 4.79 Å². The molecule has 3 nitrogen and oxygen atoms in total. The molecule has 0 radical (unpaired) electrons. The van der Waals surface area contributed by atoms with Crippen molar-refractivity contribution in [2.75, 3.05) is 25.6 Å². The zero-order chi connectivity index (χ0) is 14.3. The lowest BCUT2D eigenvalue weighted by Crippen LogP contribution is -2.35. The maximum Gasteiger partial charge on any atom is 0.312 e. The number of benzene rings is 1. The van der Waals surface area contributed by atoms with Gasteiger partial charge in [0.05, 0.1) is 5.92 Å². The van der Waals surface area contributed by atoms with Crippen molar-refractivity contribution in [2.24, 2.45) is 0 Å². The van der Waals surface area contributed by atoms with E-state index < -0.39 is 11.9 Å². The molecule has 1 aromatic rings. The molecule has 106 valence electrons. The molecular weight excluding hydrogens is 258 g/mol. The Morgan fingerprint density at radius 2 is 2.00 bits per heavy atom. The van der Waals surface area contributed by atoms with Gasteiger partial charge in [-0.15, -0.1) is 0 Å². The molecule has 0 aromatic heterocycles. The van der Waals surface area contributed by atoms with Crippen LogP contribution >= 0.6 is 11.8 Å². The molecular formula is C15H23NO2S. The predicted molar refractivity (Wildman–Crippen MR) is 81.9 cm³/mol. The monoisotopic (exact) mass is 281 g/mol. The number of thioether (sulfide) groups is 1. The second-order valence-electron chi connectivity index (χ2n) is 4.87. The lowest BCUT2D eigenvalue weighted by molar-refractivity contribution is -0.139. The van der Waals surface area contributed by atoms with Gasteiger partial charge in [0.25, 0.3) is 0 Å². The summed E-state index contributed by atoms with van der Waals surface area (Å²) in [5.41, 5.74) is 0.874. The largest absolute Gasteiger partial charge is 0.481 e. The Kier molecular flexibility index (Phi) is 6.95. The Bertz CT molecular complexity index is 383. The highest BCUT2D eigenvalue weighted by Gasteiger charge is 2.23. The van der Waals surface area contributed by atoms with E-state index >= 15 is 0 Å². The first-order valence-corrected chi connectivity index (χ1v) is 7.92. The summed E-state index contributed by atoms with van der Waals surface area (Å²) in [6, 6.07) is 9.87. The van der Waals surface area contributed by atoms with Crippen molar-refractivity contribution < 1.29 is 9.90 Å². The molecule has 0 amide bonds. The van der Waals surface area contributed by atoms with Gasteiger partial charge in [0.1, 0.15) is 0 Å². The van der Waals surface area contributed by atoms with Crippen molar-refractivity contribution in [1.29, 1.82) is 0 Å². The summed E-state index contributed by atoms with van der Waals surface area (Å²) in [5.74, 6) is -0.104. The smallest absolute Gasteiger partial charge is 0.312 e. The summed E-state index contributed by atoms with van der Waals surface area (Å²) >= 11 is 1.83. The molecule has 0 bridgehead atoms. The molecule has 1 N–H and O–H groups in total. The van der Waals surface area contributed by atoms with Gasteiger partial charge in [-0.05, 0) is 38.0 Å². The summed E-state index contributed by atoms with van der Waals surface area (Å²) in [6.07, 6.45) is 3.18. The minimum absolute atomic E-state index is 0.401. The van der Waals surface area contributed by atoms with E-state index in [2.05, 4.69) is 18.1 Å². The SMILES string of the molecule is CSCCC(C)N(C)CC(C(=O)O)c1ccccc1. The first kappa shape index (κ1) is 16.1. The van der Waals surface area contributed by atoms with Gasteiger partial charge in [-0.1, -0.05) is 30.3 Å². The summed E-state index contributed by atoms with van der Waals surface area (Å²) < 4.78 is 0. The number of rotatable bonds is 8. The summed E-state index contributed by atoms with van der Waals surface area (Å²) in [7, 11) is 2.00. The van der Waals surface area contributed by atoms with Gasteiger partial charge < -0.3 is 10.0 Å². The Morgan fingerprint density at radius 3 is 2.53 bits per heavy atom. The van der Waals surface area contributed by atoms with Crippen molar-refractivity contribution in [3.8, 4) is 0 Å². The third-order valence-corrected chi connectivity index (χ3v) is 4.11. The highest BCUT2D eigenvalue weighted by Crippen LogP contribution is 2.18. The third-order valence-electron chi connectivity index (χ3n) is 3.46. The molecule has 2 atom stereocenters. The number of nitrogens with zero attached hydrogens (tertiary/aromatic N) is 1. The van der Waals surface area contributed by atoms with Crippen LogP contribution in [0.15, 0.2) is 30.3 Å². The van der Waals surface area contributed by atoms with Crippen LogP contribution in [0.25, 0.3) is 0 Å². The van der Waals surface area contributed by atoms with Crippen LogP contribution in [0.3, 0.4) is 0 Å². The van der Waals surface area contributed by atoms with Crippen molar-refractivity contribution in [3.63, 3.8) is 0 Å². The van der Waals surface area contributed by atoms with E-state index in [9.17, 15) is 9.90 Å². The minimum Gasteiger partial charge on any atom is -0.481 e. The van der Waals surface area contributed by atoms with Gasteiger partial charge >= 0.3 is 5.97 Å². The molecule has 0 fully saturated rings. The molecule has 0 saturated heterocycles. The highest BCUT2D eigenvalue weighted by atomic mass is 32.2. The molecule has 0 heterocycles. The molecule has 1 rings (SSSR count). The second-order valence-corrected chi connectivity index (χ2v) is 5.86. The predicted octanol–water partition coefficient (Wildman–Crippen LogP) is 2.93. The summed E-state index contributed by atoms with van der Waals surface area (Å²) in [6.45, 7) is 2.70. The summed E-state index contributed by atoms with van der Waals surface area (Å²) in [5, 5.41) is 9.40. The van der Waals surface area contributed by atoms with Crippen LogP contribution < -0.4 is 0 Å². The van der Waals surface area contributed by atoms with Gasteiger partial charge in [-0.2, -0.15) is 11.8 Å². The van der Waals surface area contributed by atoms with Crippen molar-refractivity contribution >= 4 is 17.7 Å². The fourth-order valence-corrected chi connectivity index (χ4v) is 2.56. The topological polar surface area (TPSA) is 40.5 Å². The molecule has 0 spiro atoms. The number of carboxylic acids is 1. The molecule has 4 heteroatoms. The van der Waals surface area contributed by atoms with Gasteiger partial charge in [-0.3, -0.25) is 4.79 Å². The van der Waals surface area contributed by atoms with E-state index in [0.717, 1.165) is 17.7 Å². The normalized spacial score (nSPS) is 14.3. The lowest BCUT2D eigenvalue weighted by Gasteiger charge is -2.27. The van der Waals surface area contributed by atoms with Crippen LogP contribution in [0.5, 0.6) is 0 Å². The fraction of sp³-hybridized carbons (Fsp3) is 0.533. The minimum atomic E-state index is -0.755. The van der Waals surface area contributed by atoms with Crippen LogP contribution in [-0.4, -0.2) is 47.6 Å². The van der Waals surface area contributed by atoms with E-state index in [1.807, 2.05) is 49.1 Å². The van der Waals surface area contributed by atoms with E-state index in [1.54, 1.807) is 0 Å². The van der Waals surface area contributed by atoms with Gasteiger partial charge in [0.2, 0.25) is 0 Å². The maximum absolute atomic E-state index is 11.4. The van der Waals surface area contributed by atoms with Crippen LogP contribution in [0.2, 0.25) is 0 Å². The number of carbonyl (C=O) groups is 1. The first-order chi connectivity index (χ1) is 9.06.